The summed E-state index contributed by atoms with van der Waals surface area (Å²) in [5, 5.41) is 0. The smallest absolute Gasteiger partial charge is 0.0210 e. The van der Waals surface area contributed by atoms with Crippen molar-refractivity contribution in [1.82, 2.24) is 0 Å². The standard InChI is InChI=1S/C10H11Br/c11-10-7-2-1-6-9(10)8-4-3-5-8/h1-2,6-8H,3-5H2. The Kier molecular flexibility index (Phi) is 1.99. The Hall–Kier alpha value is -0.300. The van der Waals surface area contributed by atoms with Gasteiger partial charge in [0, 0.05) is 4.47 Å². The lowest BCUT2D eigenvalue weighted by atomic mass is 9.80. The van der Waals surface area contributed by atoms with Gasteiger partial charge in [0.05, 0.1) is 0 Å². The van der Waals surface area contributed by atoms with Crippen LogP contribution < -0.4 is 0 Å². The predicted octanol–water partition coefficient (Wildman–Crippen LogP) is 3.72. The van der Waals surface area contributed by atoms with Crippen molar-refractivity contribution in [2.45, 2.75) is 25.2 Å². The molecule has 0 unspecified atom stereocenters. The monoisotopic (exact) mass is 210 g/mol. The summed E-state index contributed by atoms with van der Waals surface area (Å²) < 4.78 is 1.28. The summed E-state index contributed by atoms with van der Waals surface area (Å²) >= 11 is 3.57. The molecule has 11 heavy (non-hydrogen) atoms. The maximum atomic E-state index is 3.57. The van der Waals surface area contributed by atoms with E-state index < -0.39 is 0 Å². The van der Waals surface area contributed by atoms with Crippen LogP contribution in [0.1, 0.15) is 30.7 Å². The molecule has 1 aliphatic carbocycles. The van der Waals surface area contributed by atoms with Gasteiger partial charge in [-0.25, -0.2) is 0 Å². The zero-order valence-electron chi connectivity index (χ0n) is 6.39. The first kappa shape index (κ1) is 7.35. The lowest BCUT2D eigenvalue weighted by Crippen LogP contribution is -2.08. The van der Waals surface area contributed by atoms with Crippen LogP contribution in [0.2, 0.25) is 0 Å². The molecule has 0 aliphatic heterocycles. The lowest BCUT2D eigenvalue weighted by molar-refractivity contribution is 0.418. The first-order valence-corrected chi connectivity index (χ1v) is 4.91. The Morgan fingerprint density at radius 2 is 1.91 bits per heavy atom. The van der Waals surface area contributed by atoms with E-state index in [0.717, 1.165) is 5.92 Å². The maximum Gasteiger partial charge on any atom is 0.0210 e. The number of halogens is 1. The molecule has 1 aliphatic rings. The molecule has 0 N–H and O–H groups in total. The summed E-state index contributed by atoms with van der Waals surface area (Å²) in [4.78, 5) is 0. The molecular weight excluding hydrogens is 200 g/mol. The van der Waals surface area contributed by atoms with Crippen LogP contribution in [-0.2, 0) is 0 Å². The van der Waals surface area contributed by atoms with Crippen molar-refractivity contribution in [1.29, 1.82) is 0 Å². The zero-order chi connectivity index (χ0) is 7.68. The van der Waals surface area contributed by atoms with Crippen LogP contribution in [-0.4, -0.2) is 0 Å². The molecule has 0 nitrogen and oxygen atoms in total. The van der Waals surface area contributed by atoms with Crippen molar-refractivity contribution in [2.75, 3.05) is 0 Å². The summed E-state index contributed by atoms with van der Waals surface area (Å²) in [6, 6.07) is 8.56. The molecule has 58 valence electrons. The highest BCUT2D eigenvalue weighted by Gasteiger charge is 2.20. The minimum atomic E-state index is 0.838. The fourth-order valence-electron chi connectivity index (χ4n) is 1.53. The molecule has 2 rings (SSSR count). The lowest BCUT2D eigenvalue weighted by Gasteiger charge is -2.26. The fourth-order valence-corrected chi connectivity index (χ4v) is 2.13. The van der Waals surface area contributed by atoms with E-state index in [-0.39, 0.29) is 0 Å². The molecule has 0 bridgehead atoms. The Labute approximate surface area is 75.8 Å². The van der Waals surface area contributed by atoms with Gasteiger partial charge in [0.2, 0.25) is 0 Å². The maximum absolute atomic E-state index is 3.57. The third kappa shape index (κ3) is 1.34. The van der Waals surface area contributed by atoms with E-state index in [0.29, 0.717) is 0 Å². The van der Waals surface area contributed by atoms with E-state index in [2.05, 4.69) is 40.2 Å². The summed E-state index contributed by atoms with van der Waals surface area (Å²) in [7, 11) is 0. The van der Waals surface area contributed by atoms with Gasteiger partial charge in [-0.1, -0.05) is 40.5 Å². The highest BCUT2D eigenvalue weighted by atomic mass is 79.9. The SMILES string of the molecule is Brc1ccccc1C1CCC1. The molecule has 0 radical (unpaired) electrons. The van der Waals surface area contributed by atoms with Gasteiger partial charge in [-0.15, -0.1) is 0 Å². The molecule has 0 saturated heterocycles. The normalized spacial score (nSPS) is 17.9. The fraction of sp³-hybridized carbons (Fsp3) is 0.400. The molecule has 0 spiro atoms. The summed E-state index contributed by atoms with van der Waals surface area (Å²) in [5.74, 6) is 0.838. The van der Waals surface area contributed by atoms with Crippen LogP contribution in [0, 0.1) is 0 Å². The van der Waals surface area contributed by atoms with Crippen molar-refractivity contribution in [3.8, 4) is 0 Å². The van der Waals surface area contributed by atoms with Gasteiger partial charge in [-0.05, 0) is 30.4 Å². The molecular formula is C10H11Br. The Morgan fingerprint density at radius 3 is 2.45 bits per heavy atom. The summed E-state index contributed by atoms with van der Waals surface area (Å²) in [5.41, 5.74) is 1.50. The number of hydrogen-bond acceptors (Lipinski definition) is 0. The van der Waals surface area contributed by atoms with E-state index in [1.165, 1.54) is 29.3 Å². The minimum Gasteiger partial charge on any atom is -0.0619 e. The summed E-state index contributed by atoms with van der Waals surface area (Å²) in [6.45, 7) is 0. The van der Waals surface area contributed by atoms with Crippen LogP contribution in [0.15, 0.2) is 28.7 Å². The van der Waals surface area contributed by atoms with Crippen LogP contribution in [0.25, 0.3) is 0 Å². The molecule has 1 aromatic rings. The van der Waals surface area contributed by atoms with Gasteiger partial charge >= 0.3 is 0 Å². The average molecular weight is 211 g/mol. The third-order valence-corrected chi connectivity index (χ3v) is 3.17. The highest BCUT2D eigenvalue weighted by Crippen LogP contribution is 2.39. The van der Waals surface area contributed by atoms with Gasteiger partial charge in [-0.2, -0.15) is 0 Å². The van der Waals surface area contributed by atoms with Crippen LogP contribution in [0.4, 0.5) is 0 Å². The molecule has 1 aromatic carbocycles. The van der Waals surface area contributed by atoms with Gasteiger partial charge in [-0.3, -0.25) is 0 Å². The first-order chi connectivity index (χ1) is 5.38. The Bertz CT molecular complexity index is 251. The van der Waals surface area contributed by atoms with E-state index in [1.807, 2.05) is 0 Å². The molecule has 0 heterocycles. The number of hydrogen-bond donors (Lipinski definition) is 0. The number of rotatable bonds is 1. The summed E-state index contributed by atoms with van der Waals surface area (Å²) in [6.07, 6.45) is 4.16. The first-order valence-electron chi connectivity index (χ1n) is 4.12. The minimum absolute atomic E-state index is 0.838. The second-order valence-electron chi connectivity index (χ2n) is 3.15. The Balaban J connectivity index is 2.28. The van der Waals surface area contributed by atoms with Crippen molar-refractivity contribution in [3.05, 3.63) is 34.3 Å². The largest absolute Gasteiger partial charge is 0.0619 e. The third-order valence-electron chi connectivity index (χ3n) is 2.45. The molecule has 0 atom stereocenters. The quantitative estimate of drug-likeness (QED) is 0.664. The average Bonchev–Trinajstić information content (AvgIpc) is 1.90. The van der Waals surface area contributed by atoms with Gasteiger partial charge < -0.3 is 0 Å². The van der Waals surface area contributed by atoms with Crippen molar-refractivity contribution < 1.29 is 0 Å². The highest BCUT2D eigenvalue weighted by molar-refractivity contribution is 9.10. The van der Waals surface area contributed by atoms with Gasteiger partial charge in [0.25, 0.3) is 0 Å². The topological polar surface area (TPSA) is 0 Å². The van der Waals surface area contributed by atoms with Crippen LogP contribution >= 0.6 is 15.9 Å². The van der Waals surface area contributed by atoms with Gasteiger partial charge in [0.15, 0.2) is 0 Å². The molecule has 1 heteroatoms. The van der Waals surface area contributed by atoms with Gasteiger partial charge in [0.1, 0.15) is 0 Å². The molecule has 0 aromatic heterocycles. The zero-order valence-corrected chi connectivity index (χ0v) is 7.97. The van der Waals surface area contributed by atoms with Crippen molar-refractivity contribution in [3.63, 3.8) is 0 Å². The van der Waals surface area contributed by atoms with E-state index in [4.69, 9.17) is 0 Å². The van der Waals surface area contributed by atoms with E-state index >= 15 is 0 Å². The van der Waals surface area contributed by atoms with E-state index in [9.17, 15) is 0 Å². The van der Waals surface area contributed by atoms with Crippen molar-refractivity contribution in [2.24, 2.45) is 0 Å². The second-order valence-corrected chi connectivity index (χ2v) is 4.00. The van der Waals surface area contributed by atoms with Crippen LogP contribution in [0.5, 0.6) is 0 Å². The second kappa shape index (κ2) is 2.98. The van der Waals surface area contributed by atoms with E-state index in [1.54, 1.807) is 0 Å². The predicted molar refractivity (Wildman–Crippen MR) is 50.7 cm³/mol. The molecule has 1 fully saturated rings. The molecule has 0 amide bonds. The van der Waals surface area contributed by atoms with Crippen LogP contribution in [0.3, 0.4) is 0 Å². The number of benzene rings is 1. The molecule has 1 saturated carbocycles. The van der Waals surface area contributed by atoms with Crippen molar-refractivity contribution >= 4 is 15.9 Å². The Morgan fingerprint density at radius 1 is 1.18 bits per heavy atom.